The highest BCUT2D eigenvalue weighted by molar-refractivity contribution is 6.09. The fraction of sp³-hybridized carbons (Fsp3) is 0.0625. The van der Waals surface area contributed by atoms with Crippen LogP contribution in [-0.4, -0.2) is 18.0 Å². The first kappa shape index (κ1) is 14.3. The molecular weight excluding hydrogens is 266 g/mol. The molecule has 104 valence electrons. The van der Waals surface area contributed by atoms with Crippen LogP contribution in [0.25, 0.3) is 6.08 Å². The first-order valence-electron chi connectivity index (χ1n) is 6.21. The average molecular weight is 279 g/mol. The third-order valence-electron chi connectivity index (χ3n) is 2.70. The van der Waals surface area contributed by atoms with Crippen LogP contribution >= 0.6 is 0 Å². The van der Waals surface area contributed by atoms with Crippen molar-refractivity contribution < 1.29 is 9.53 Å². The van der Waals surface area contributed by atoms with Gasteiger partial charge in [-0.05, 0) is 35.9 Å². The number of carbonyl (C=O) groups excluding carboxylic acids is 1. The largest absolute Gasteiger partial charge is 0.497 e. The molecule has 5 heteroatoms. The monoisotopic (exact) mass is 279 g/mol. The number of pyridine rings is 1. The number of nitrogens with one attached hydrogen (secondary N) is 1. The van der Waals surface area contributed by atoms with Gasteiger partial charge in [-0.1, -0.05) is 18.2 Å². The predicted molar refractivity (Wildman–Crippen MR) is 79.5 cm³/mol. The van der Waals surface area contributed by atoms with Crippen LogP contribution in [0.5, 0.6) is 5.75 Å². The van der Waals surface area contributed by atoms with Gasteiger partial charge in [0.05, 0.1) is 7.11 Å². The van der Waals surface area contributed by atoms with E-state index >= 15 is 0 Å². The Hall–Kier alpha value is -3.13. The minimum atomic E-state index is -0.494. The van der Waals surface area contributed by atoms with E-state index in [4.69, 9.17) is 10.00 Å². The van der Waals surface area contributed by atoms with Crippen molar-refractivity contribution in [2.24, 2.45) is 0 Å². The second-order valence-corrected chi connectivity index (χ2v) is 4.11. The quantitative estimate of drug-likeness (QED) is 0.689. The zero-order chi connectivity index (χ0) is 15.1. The van der Waals surface area contributed by atoms with Crippen molar-refractivity contribution in [3.8, 4) is 11.8 Å². The number of ether oxygens (including phenoxy) is 1. The summed E-state index contributed by atoms with van der Waals surface area (Å²) in [6.45, 7) is 0. The third kappa shape index (κ3) is 3.91. The molecule has 1 aromatic carbocycles. The molecule has 0 bridgehead atoms. The van der Waals surface area contributed by atoms with E-state index in [1.807, 2.05) is 6.07 Å². The van der Waals surface area contributed by atoms with E-state index in [0.717, 1.165) is 5.56 Å². The maximum absolute atomic E-state index is 12.0. The fourth-order valence-electron chi connectivity index (χ4n) is 1.64. The standard InChI is InChI=1S/C16H13N3O2/c1-21-14-7-5-12(6-8-14)10-13(11-17)16(20)19-15-4-2-3-9-18-15/h2-10H,1H3,(H,18,19,20). The summed E-state index contributed by atoms with van der Waals surface area (Å²) in [5, 5.41) is 11.7. The molecule has 0 spiro atoms. The molecule has 0 aliphatic rings. The number of nitriles is 1. The van der Waals surface area contributed by atoms with Crippen LogP contribution in [0.1, 0.15) is 5.56 Å². The minimum Gasteiger partial charge on any atom is -0.497 e. The Bertz CT molecular complexity index is 686. The highest BCUT2D eigenvalue weighted by Crippen LogP contribution is 2.14. The molecule has 0 atom stereocenters. The molecule has 0 fully saturated rings. The second-order valence-electron chi connectivity index (χ2n) is 4.11. The Morgan fingerprint density at radius 1 is 1.29 bits per heavy atom. The first-order valence-corrected chi connectivity index (χ1v) is 6.21. The first-order chi connectivity index (χ1) is 10.2. The molecule has 21 heavy (non-hydrogen) atoms. The number of anilines is 1. The maximum atomic E-state index is 12.0. The minimum absolute atomic E-state index is 0.00539. The van der Waals surface area contributed by atoms with Crippen LogP contribution in [0, 0.1) is 11.3 Å². The van der Waals surface area contributed by atoms with Crippen molar-refractivity contribution in [2.45, 2.75) is 0 Å². The lowest BCUT2D eigenvalue weighted by Gasteiger charge is -2.03. The van der Waals surface area contributed by atoms with E-state index in [1.54, 1.807) is 55.8 Å². The molecule has 1 amide bonds. The van der Waals surface area contributed by atoms with Crippen LogP contribution < -0.4 is 10.1 Å². The number of hydrogen-bond donors (Lipinski definition) is 1. The number of methoxy groups -OCH3 is 1. The van der Waals surface area contributed by atoms with E-state index in [-0.39, 0.29) is 5.57 Å². The van der Waals surface area contributed by atoms with Crippen LogP contribution in [0.3, 0.4) is 0 Å². The molecule has 0 aliphatic carbocycles. The summed E-state index contributed by atoms with van der Waals surface area (Å²) in [5.74, 6) is 0.619. The molecule has 0 saturated carbocycles. The third-order valence-corrected chi connectivity index (χ3v) is 2.70. The van der Waals surface area contributed by atoms with Gasteiger partial charge in [-0.15, -0.1) is 0 Å². The van der Waals surface area contributed by atoms with Gasteiger partial charge in [-0.2, -0.15) is 5.26 Å². The van der Waals surface area contributed by atoms with Crippen LogP contribution in [0.15, 0.2) is 54.2 Å². The number of hydrogen-bond acceptors (Lipinski definition) is 4. The lowest BCUT2D eigenvalue weighted by atomic mass is 10.1. The number of carbonyl (C=O) groups is 1. The van der Waals surface area contributed by atoms with Gasteiger partial charge in [0.2, 0.25) is 0 Å². The molecular formula is C16H13N3O2. The summed E-state index contributed by atoms with van der Waals surface area (Å²) in [7, 11) is 1.58. The van der Waals surface area contributed by atoms with E-state index in [0.29, 0.717) is 11.6 Å². The normalized spacial score (nSPS) is 10.6. The smallest absolute Gasteiger partial charge is 0.267 e. The number of amides is 1. The molecule has 0 radical (unpaired) electrons. The van der Waals surface area contributed by atoms with Crippen LogP contribution in [0.4, 0.5) is 5.82 Å². The molecule has 1 N–H and O–H groups in total. The Morgan fingerprint density at radius 3 is 2.62 bits per heavy atom. The Morgan fingerprint density at radius 2 is 2.05 bits per heavy atom. The Labute approximate surface area is 122 Å². The Kier molecular flexibility index (Phi) is 4.67. The van der Waals surface area contributed by atoms with Gasteiger partial charge in [-0.3, -0.25) is 4.79 Å². The van der Waals surface area contributed by atoms with Crippen molar-refractivity contribution >= 4 is 17.8 Å². The van der Waals surface area contributed by atoms with Gasteiger partial charge < -0.3 is 10.1 Å². The number of benzene rings is 1. The summed E-state index contributed by atoms with van der Waals surface area (Å²) < 4.78 is 5.05. The zero-order valence-corrected chi connectivity index (χ0v) is 11.4. The topological polar surface area (TPSA) is 75.0 Å². The van der Waals surface area contributed by atoms with Gasteiger partial charge in [-0.25, -0.2) is 4.98 Å². The molecule has 0 saturated heterocycles. The second kappa shape index (κ2) is 6.87. The van der Waals surface area contributed by atoms with Crippen LogP contribution in [0.2, 0.25) is 0 Å². The molecule has 2 rings (SSSR count). The molecule has 1 heterocycles. The van der Waals surface area contributed by atoms with Crippen molar-refractivity contribution in [3.05, 3.63) is 59.8 Å². The summed E-state index contributed by atoms with van der Waals surface area (Å²) >= 11 is 0. The number of aromatic nitrogens is 1. The lowest BCUT2D eigenvalue weighted by Crippen LogP contribution is -2.14. The summed E-state index contributed by atoms with van der Waals surface area (Å²) in [6, 6.07) is 14.1. The maximum Gasteiger partial charge on any atom is 0.267 e. The van der Waals surface area contributed by atoms with Crippen molar-refractivity contribution in [3.63, 3.8) is 0 Å². The number of rotatable bonds is 4. The van der Waals surface area contributed by atoms with Gasteiger partial charge >= 0.3 is 0 Å². The van der Waals surface area contributed by atoms with Crippen molar-refractivity contribution in [1.82, 2.24) is 4.98 Å². The van der Waals surface area contributed by atoms with Crippen molar-refractivity contribution in [2.75, 3.05) is 12.4 Å². The van der Waals surface area contributed by atoms with Crippen molar-refractivity contribution in [1.29, 1.82) is 5.26 Å². The van der Waals surface area contributed by atoms with Gasteiger partial charge in [0.25, 0.3) is 5.91 Å². The lowest BCUT2D eigenvalue weighted by molar-refractivity contribution is -0.112. The summed E-state index contributed by atoms with van der Waals surface area (Å²) in [4.78, 5) is 16.0. The zero-order valence-electron chi connectivity index (χ0n) is 11.4. The van der Waals surface area contributed by atoms with E-state index < -0.39 is 5.91 Å². The molecule has 5 nitrogen and oxygen atoms in total. The summed E-state index contributed by atoms with van der Waals surface area (Å²) in [6.07, 6.45) is 3.08. The van der Waals surface area contributed by atoms with Gasteiger partial charge in [0, 0.05) is 6.20 Å². The highest BCUT2D eigenvalue weighted by Gasteiger charge is 2.09. The average Bonchev–Trinajstić information content (AvgIpc) is 2.54. The molecule has 0 unspecified atom stereocenters. The van der Waals surface area contributed by atoms with Gasteiger partial charge in [0.1, 0.15) is 23.2 Å². The molecule has 1 aromatic heterocycles. The SMILES string of the molecule is COc1ccc(C=C(C#N)C(=O)Nc2ccccn2)cc1. The molecule has 2 aromatic rings. The van der Waals surface area contributed by atoms with E-state index in [2.05, 4.69) is 10.3 Å². The summed E-state index contributed by atoms with van der Waals surface area (Å²) in [5.41, 5.74) is 0.745. The number of nitrogens with zero attached hydrogens (tertiary/aromatic N) is 2. The fourth-order valence-corrected chi connectivity index (χ4v) is 1.64. The predicted octanol–water partition coefficient (Wildman–Crippen LogP) is 2.64. The Balaban J connectivity index is 2.16. The van der Waals surface area contributed by atoms with Gasteiger partial charge in [0.15, 0.2) is 0 Å². The highest BCUT2D eigenvalue weighted by atomic mass is 16.5. The van der Waals surface area contributed by atoms with E-state index in [9.17, 15) is 4.79 Å². The van der Waals surface area contributed by atoms with Crippen LogP contribution in [-0.2, 0) is 4.79 Å². The molecule has 0 aliphatic heterocycles. The van der Waals surface area contributed by atoms with E-state index in [1.165, 1.54) is 6.08 Å².